The number of nitrogens with one attached hydrogen (secondary N) is 3. The third-order valence-corrected chi connectivity index (χ3v) is 4.95. The van der Waals surface area contributed by atoms with Gasteiger partial charge in [0.2, 0.25) is 11.8 Å². The molecule has 0 unspecified atom stereocenters. The van der Waals surface area contributed by atoms with E-state index < -0.39 is 0 Å². The minimum atomic E-state index is -0.247. The maximum atomic E-state index is 12.1. The van der Waals surface area contributed by atoms with E-state index in [1.165, 1.54) is 12.6 Å². The van der Waals surface area contributed by atoms with Crippen molar-refractivity contribution < 1.29 is 14.4 Å². The van der Waals surface area contributed by atoms with Gasteiger partial charge in [0.25, 0.3) is 5.91 Å². The van der Waals surface area contributed by atoms with Gasteiger partial charge in [-0.25, -0.2) is 4.98 Å². The molecule has 0 bridgehead atoms. The summed E-state index contributed by atoms with van der Waals surface area (Å²) in [6.45, 7) is 0.319. The highest BCUT2D eigenvalue weighted by atomic mass is 16.2. The summed E-state index contributed by atoms with van der Waals surface area (Å²) in [4.78, 5) is 40.4. The second-order valence-corrected chi connectivity index (χ2v) is 7.18. The van der Waals surface area contributed by atoms with E-state index in [-0.39, 0.29) is 30.1 Å². The van der Waals surface area contributed by atoms with E-state index in [9.17, 15) is 14.4 Å². The Bertz CT molecular complexity index is 831. The Hall–Kier alpha value is -3.22. The fraction of sp³-hybridized carbons (Fsp3) is 0.364. The highest BCUT2D eigenvalue weighted by molar-refractivity contribution is 6.03. The van der Waals surface area contributed by atoms with Crippen LogP contribution in [0.2, 0.25) is 0 Å². The third-order valence-electron chi connectivity index (χ3n) is 4.95. The number of hydrogen-bond donors (Lipinski definition) is 3. The van der Waals surface area contributed by atoms with Crippen molar-refractivity contribution in [1.82, 2.24) is 10.3 Å². The number of nitrogens with zero attached hydrogens (tertiary/aromatic N) is 1. The molecule has 0 spiro atoms. The quantitative estimate of drug-likeness (QED) is 0.670. The Morgan fingerprint density at radius 3 is 2.38 bits per heavy atom. The second-order valence-electron chi connectivity index (χ2n) is 7.18. The minimum Gasteiger partial charge on any atom is -0.355 e. The van der Waals surface area contributed by atoms with Crippen LogP contribution in [-0.2, 0) is 9.59 Å². The van der Waals surface area contributed by atoms with Crippen LogP contribution in [-0.4, -0.2) is 29.3 Å². The van der Waals surface area contributed by atoms with Crippen molar-refractivity contribution in [3.8, 4) is 0 Å². The predicted molar refractivity (Wildman–Crippen MR) is 111 cm³/mol. The van der Waals surface area contributed by atoms with Gasteiger partial charge in [0.1, 0.15) is 5.82 Å². The van der Waals surface area contributed by atoms with Crippen LogP contribution < -0.4 is 16.0 Å². The molecular formula is C22H26N4O3. The number of anilines is 2. The molecule has 0 saturated heterocycles. The Morgan fingerprint density at radius 1 is 0.931 bits per heavy atom. The molecule has 0 aliphatic heterocycles. The Kier molecular flexibility index (Phi) is 7.33. The standard InChI is InChI=1S/C22H26N4O3/c27-20(13-14-23-21(28)16-7-3-1-4-8-16)25-18-11-12-19(24-15-18)26-22(29)17-9-5-2-6-10-17/h2,5-6,9-12,15-16H,1,3-4,7-8,13-14H2,(H,23,28)(H,25,27)(H,24,26,29). The minimum absolute atomic E-state index is 0.0534. The van der Waals surface area contributed by atoms with Gasteiger partial charge in [-0.2, -0.15) is 0 Å². The van der Waals surface area contributed by atoms with Gasteiger partial charge in [-0.05, 0) is 37.1 Å². The van der Waals surface area contributed by atoms with Crippen molar-refractivity contribution in [2.75, 3.05) is 17.2 Å². The van der Waals surface area contributed by atoms with Gasteiger partial charge in [0.05, 0.1) is 11.9 Å². The summed E-state index contributed by atoms with van der Waals surface area (Å²) in [6, 6.07) is 12.2. The molecule has 0 radical (unpaired) electrons. The maximum absolute atomic E-state index is 12.1. The first-order valence-electron chi connectivity index (χ1n) is 10.0. The number of rotatable bonds is 7. The largest absolute Gasteiger partial charge is 0.355 e. The van der Waals surface area contributed by atoms with Crippen LogP contribution in [0.3, 0.4) is 0 Å². The summed E-state index contributed by atoms with van der Waals surface area (Å²) in [5, 5.41) is 8.30. The molecule has 3 amide bonds. The molecule has 3 rings (SSSR count). The average Bonchev–Trinajstić information content (AvgIpc) is 2.76. The van der Waals surface area contributed by atoms with Crippen molar-refractivity contribution in [3.63, 3.8) is 0 Å². The van der Waals surface area contributed by atoms with E-state index >= 15 is 0 Å². The van der Waals surface area contributed by atoms with Crippen molar-refractivity contribution in [1.29, 1.82) is 0 Å². The van der Waals surface area contributed by atoms with Gasteiger partial charge in [-0.15, -0.1) is 0 Å². The van der Waals surface area contributed by atoms with Crippen molar-refractivity contribution in [3.05, 3.63) is 54.2 Å². The van der Waals surface area contributed by atoms with Gasteiger partial charge in [0.15, 0.2) is 0 Å². The molecule has 1 heterocycles. The van der Waals surface area contributed by atoms with Crippen LogP contribution in [0.25, 0.3) is 0 Å². The summed E-state index contributed by atoms with van der Waals surface area (Å²) in [7, 11) is 0. The van der Waals surface area contributed by atoms with Gasteiger partial charge in [0, 0.05) is 24.4 Å². The van der Waals surface area contributed by atoms with Crippen LogP contribution in [0.1, 0.15) is 48.9 Å². The zero-order valence-corrected chi connectivity index (χ0v) is 16.3. The molecule has 1 aromatic heterocycles. The zero-order chi connectivity index (χ0) is 20.5. The summed E-state index contributed by atoms with van der Waals surface area (Å²) < 4.78 is 0. The van der Waals surface area contributed by atoms with E-state index in [0.29, 0.717) is 23.6 Å². The second kappa shape index (κ2) is 10.4. The topological polar surface area (TPSA) is 100 Å². The average molecular weight is 394 g/mol. The van der Waals surface area contributed by atoms with Gasteiger partial charge >= 0.3 is 0 Å². The lowest BCUT2D eigenvalue weighted by atomic mass is 9.89. The van der Waals surface area contributed by atoms with E-state index in [4.69, 9.17) is 0 Å². The van der Waals surface area contributed by atoms with E-state index in [0.717, 1.165) is 25.7 Å². The molecule has 1 aliphatic carbocycles. The Labute approximate surface area is 170 Å². The molecule has 152 valence electrons. The third kappa shape index (κ3) is 6.41. The SMILES string of the molecule is O=C(CCNC(=O)C1CCCCC1)Nc1ccc(NC(=O)c2ccccc2)nc1. The molecule has 29 heavy (non-hydrogen) atoms. The molecule has 1 fully saturated rings. The molecule has 3 N–H and O–H groups in total. The van der Waals surface area contributed by atoms with Crippen molar-refractivity contribution in [2.45, 2.75) is 38.5 Å². The van der Waals surface area contributed by atoms with Crippen LogP contribution in [0.4, 0.5) is 11.5 Å². The number of benzene rings is 1. The molecule has 0 atom stereocenters. The van der Waals surface area contributed by atoms with Gasteiger partial charge in [-0.3, -0.25) is 14.4 Å². The molecule has 7 nitrogen and oxygen atoms in total. The summed E-state index contributed by atoms with van der Waals surface area (Å²) >= 11 is 0. The zero-order valence-electron chi connectivity index (χ0n) is 16.3. The fourth-order valence-corrected chi connectivity index (χ4v) is 3.35. The summed E-state index contributed by atoms with van der Waals surface area (Å²) in [6.07, 6.45) is 6.98. The number of carbonyl (C=O) groups is 3. The fourth-order valence-electron chi connectivity index (χ4n) is 3.35. The normalized spacial score (nSPS) is 14.1. The van der Waals surface area contributed by atoms with E-state index in [1.54, 1.807) is 36.4 Å². The van der Waals surface area contributed by atoms with Crippen LogP contribution in [0.5, 0.6) is 0 Å². The maximum Gasteiger partial charge on any atom is 0.256 e. The summed E-state index contributed by atoms with van der Waals surface area (Å²) in [5.74, 6) is 0.101. The molecular weight excluding hydrogens is 368 g/mol. The number of hydrogen-bond acceptors (Lipinski definition) is 4. The molecule has 2 aromatic rings. The highest BCUT2D eigenvalue weighted by Crippen LogP contribution is 2.23. The lowest BCUT2D eigenvalue weighted by molar-refractivity contribution is -0.126. The van der Waals surface area contributed by atoms with Gasteiger partial charge in [-0.1, -0.05) is 37.5 Å². The van der Waals surface area contributed by atoms with Crippen molar-refractivity contribution in [2.24, 2.45) is 5.92 Å². The summed E-state index contributed by atoms with van der Waals surface area (Å²) in [5.41, 5.74) is 1.08. The van der Waals surface area contributed by atoms with Crippen molar-refractivity contribution >= 4 is 29.2 Å². The lowest BCUT2D eigenvalue weighted by Crippen LogP contribution is -2.34. The number of carbonyl (C=O) groups excluding carboxylic acids is 3. The molecule has 7 heteroatoms. The first-order chi connectivity index (χ1) is 14.1. The monoisotopic (exact) mass is 394 g/mol. The van der Waals surface area contributed by atoms with E-state index in [1.807, 2.05) is 6.07 Å². The number of pyridine rings is 1. The van der Waals surface area contributed by atoms with Gasteiger partial charge < -0.3 is 16.0 Å². The van der Waals surface area contributed by atoms with Crippen LogP contribution >= 0.6 is 0 Å². The Morgan fingerprint density at radius 2 is 1.69 bits per heavy atom. The van der Waals surface area contributed by atoms with Crippen LogP contribution in [0, 0.1) is 5.92 Å². The number of aromatic nitrogens is 1. The molecule has 1 saturated carbocycles. The highest BCUT2D eigenvalue weighted by Gasteiger charge is 2.20. The first-order valence-corrected chi connectivity index (χ1v) is 10.0. The smallest absolute Gasteiger partial charge is 0.256 e. The molecule has 1 aliphatic rings. The Balaban J connectivity index is 1.40. The predicted octanol–water partition coefficient (Wildman–Crippen LogP) is 3.36. The number of amides is 3. The lowest BCUT2D eigenvalue weighted by Gasteiger charge is -2.20. The van der Waals surface area contributed by atoms with Crippen LogP contribution in [0.15, 0.2) is 48.7 Å². The van der Waals surface area contributed by atoms with E-state index in [2.05, 4.69) is 20.9 Å². The first kappa shape index (κ1) is 20.5. The molecule has 1 aromatic carbocycles.